The van der Waals surface area contributed by atoms with Crippen molar-refractivity contribution in [2.45, 2.75) is 6.92 Å². The van der Waals surface area contributed by atoms with Crippen LogP contribution in [0.2, 0.25) is 0 Å². The van der Waals surface area contributed by atoms with Crippen LogP contribution in [-0.2, 0) is 19.2 Å². The lowest BCUT2D eigenvalue weighted by Crippen LogP contribution is -2.48. The molecule has 0 aliphatic carbocycles. The van der Waals surface area contributed by atoms with Gasteiger partial charge < -0.3 is 9.57 Å². The van der Waals surface area contributed by atoms with Crippen LogP contribution >= 0.6 is 0 Å². The number of nitrogens with zero attached hydrogens (tertiary/aromatic N) is 3. The van der Waals surface area contributed by atoms with Crippen molar-refractivity contribution in [2.75, 3.05) is 46.1 Å². The molecule has 0 aromatic rings. The van der Waals surface area contributed by atoms with Crippen molar-refractivity contribution in [2.24, 2.45) is 0 Å². The molecule has 1 rings (SSSR count). The van der Waals surface area contributed by atoms with Crippen molar-refractivity contribution in [1.29, 1.82) is 0 Å². The minimum atomic E-state index is -0.832. The summed E-state index contributed by atoms with van der Waals surface area (Å²) in [6.07, 6.45) is 0. The smallest absolute Gasteiger partial charge is 0.375 e. The highest BCUT2D eigenvalue weighted by molar-refractivity contribution is 6.32. The van der Waals surface area contributed by atoms with Gasteiger partial charge in [0.2, 0.25) is 5.78 Å². The molecule has 0 spiro atoms. The second-order valence-corrected chi connectivity index (χ2v) is 4.13. The molecule has 0 N–H and O–H groups in total. The molecule has 0 aromatic heterocycles. The van der Waals surface area contributed by atoms with Crippen LogP contribution in [0.15, 0.2) is 0 Å². The second-order valence-electron chi connectivity index (χ2n) is 4.13. The Hall–Kier alpha value is -1.74. The number of carbonyl (C=O) groups is 2. The number of piperazine rings is 1. The van der Waals surface area contributed by atoms with E-state index in [1.165, 1.54) is 0 Å². The van der Waals surface area contributed by atoms with Crippen LogP contribution < -0.4 is 0 Å². The molecule has 0 bridgehead atoms. The Morgan fingerprint density at radius 1 is 1.21 bits per heavy atom. The number of carbonyl (C=O) groups excluding carboxylic acids is 2. The summed E-state index contributed by atoms with van der Waals surface area (Å²) in [6.45, 7) is 4.55. The third kappa shape index (κ3) is 6.11. The number of hydrogen-bond donors (Lipinski definition) is 0. The van der Waals surface area contributed by atoms with Gasteiger partial charge in [0.15, 0.2) is 0 Å². The highest BCUT2D eigenvalue weighted by Crippen LogP contribution is 2.01. The average Bonchev–Trinajstić information content (AvgIpc) is 2.37. The van der Waals surface area contributed by atoms with E-state index in [4.69, 9.17) is 4.74 Å². The zero-order valence-corrected chi connectivity index (χ0v) is 10.7. The predicted molar refractivity (Wildman–Crippen MR) is 62.6 cm³/mol. The highest BCUT2D eigenvalue weighted by atomic mass is 16.9. The van der Waals surface area contributed by atoms with Crippen molar-refractivity contribution in [3.05, 3.63) is 10.1 Å². The molecule has 0 saturated carbocycles. The van der Waals surface area contributed by atoms with E-state index in [0.29, 0.717) is 32.7 Å². The molecule has 19 heavy (non-hydrogen) atoms. The summed E-state index contributed by atoms with van der Waals surface area (Å²) in [4.78, 5) is 39.8. The van der Waals surface area contributed by atoms with E-state index < -0.39 is 16.8 Å². The maximum atomic E-state index is 11.0. The Morgan fingerprint density at radius 2 is 1.79 bits per heavy atom. The van der Waals surface area contributed by atoms with Gasteiger partial charge in [0.05, 0.1) is 0 Å². The van der Waals surface area contributed by atoms with Gasteiger partial charge in [0.1, 0.15) is 13.3 Å². The molecule has 108 valence electrons. The van der Waals surface area contributed by atoms with Gasteiger partial charge >= 0.3 is 5.97 Å². The largest absolute Gasteiger partial charge is 0.444 e. The van der Waals surface area contributed by atoms with Gasteiger partial charge in [-0.1, -0.05) is 0 Å². The summed E-state index contributed by atoms with van der Waals surface area (Å²) in [7, 11) is 0. The Labute approximate surface area is 110 Å². The first-order valence-corrected chi connectivity index (χ1v) is 5.88. The Bertz CT molecular complexity index is 340. The highest BCUT2D eigenvalue weighted by Gasteiger charge is 2.18. The summed E-state index contributed by atoms with van der Waals surface area (Å²) in [6, 6.07) is 0. The minimum absolute atomic E-state index is 0.0479. The van der Waals surface area contributed by atoms with Crippen molar-refractivity contribution >= 4 is 11.8 Å². The second kappa shape index (κ2) is 7.64. The summed E-state index contributed by atoms with van der Waals surface area (Å²) in [5.41, 5.74) is 0. The van der Waals surface area contributed by atoms with Gasteiger partial charge in [-0.05, 0) is 0 Å². The molecule has 1 aliphatic rings. The molecular formula is C10H17N3O6. The molecule has 1 saturated heterocycles. The van der Waals surface area contributed by atoms with Crippen LogP contribution in [0.25, 0.3) is 0 Å². The van der Waals surface area contributed by atoms with Gasteiger partial charge in [-0.3, -0.25) is 14.6 Å². The van der Waals surface area contributed by atoms with E-state index in [2.05, 4.69) is 4.84 Å². The van der Waals surface area contributed by atoms with Crippen molar-refractivity contribution in [1.82, 2.24) is 9.80 Å². The number of Topliss-reactive ketones (excluding diaryl/α,β-unsaturated/α-hetero) is 1. The fraction of sp³-hybridized carbons (Fsp3) is 0.800. The SMILES string of the molecule is CC(=O)C(=O)OCN1CCN(CCO[N+](=O)[O-])CC1. The standard InChI is InChI=1S/C10H17N3O6/c1-9(14)10(15)18-8-12-4-2-11(3-5-12)6-7-19-13(16)17/h2-8H2,1H3. The summed E-state index contributed by atoms with van der Waals surface area (Å²) in [5.74, 6) is -1.45. The van der Waals surface area contributed by atoms with Crippen molar-refractivity contribution < 1.29 is 24.3 Å². The minimum Gasteiger partial charge on any atom is -0.444 e. The Kier molecular flexibility index (Phi) is 6.16. The average molecular weight is 275 g/mol. The Balaban J connectivity index is 2.13. The Morgan fingerprint density at radius 3 is 2.32 bits per heavy atom. The van der Waals surface area contributed by atoms with E-state index >= 15 is 0 Å². The number of ether oxygens (including phenoxy) is 1. The zero-order valence-electron chi connectivity index (χ0n) is 10.7. The van der Waals surface area contributed by atoms with Crippen molar-refractivity contribution in [3.63, 3.8) is 0 Å². The van der Waals surface area contributed by atoms with E-state index in [0.717, 1.165) is 6.92 Å². The van der Waals surface area contributed by atoms with E-state index in [1.54, 1.807) is 0 Å². The first kappa shape index (κ1) is 15.3. The van der Waals surface area contributed by atoms with Gasteiger partial charge in [-0.25, -0.2) is 4.79 Å². The van der Waals surface area contributed by atoms with Gasteiger partial charge in [0.25, 0.3) is 5.09 Å². The topological polar surface area (TPSA) is 102 Å². The molecule has 9 heteroatoms. The molecular weight excluding hydrogens is 258 g/mol. The van der Waals surface area contributed by atoms with Gasteiger partial charge in [-0.15, -0.1) is 10.1 Å². The number of esters is 1. The van der Waals surface area contributed by atoms with Crippen molar-refractivity contribution in [3.8, 4) is 0 Å². The first-order valence-electron chi connectivity index (χ1n) is 5.88. The first-order chi connectivity index (χ1) is 8.99. The molecule has 1 heterocycles. The number of rotatable bonds is 7. The van der Waals surface area contributed by atoms with Crippen LogP contribution in [0, 0.1) is 10.1 Å². The summed E-state index contributed by atoms with van der Waals surface area (Å²) >= 11 is 0. The molecule has 1 fully saturated rings. The maximum absolute atomic E-state index is 11.0. The zero-order chi connectivity index (χ0) is 14.3. The molecule has 0 atom stereocenters. The normalized spacial score (nSPS) is 16.9. The molecule has 0 amide bonds. The third-order valence-electron chi connectivity index (χ3n) is 2.73. The van der Waals surface area contributed by atoms with Crippen LogP contribution in [0.5, 0.6) is 0 Å². The van der Waals surface area contributed by atoms with E-state index in [-0.39, 0.29) is 13.3 Å². The lowest BCUT2D eigenvalue weighted by Gasteiger charge is -2.33. The fourth-order valence-electron chi connectivity index (χ4n) is 1.64. The quantitative estimate of drug-likeness (QED) is 0.250. The lowest BCUT2D eigenvalue weighted by molar-refractivity contribution is -0.757. The van der Waals surface area contributed by atoms with E-state index in [9.17, 15) is 19.7 Å². The summed E-state index contributed by atoms with van der Waals surface area (Å²) < 4.78 is 4.80. The summed E-state index contributed by atoms with van der Waals surface area (Å²) in [5, 5.41) is 9.17. The third-order valence-corrected chi connectivity index (χ3v) is 2.73. The van der Waals surface area contributed by atoms with E-state index in [1.807, 2.05) is 9.80 Å². The maximum Gasteiger partial charge on any atom is 0.375 e. The monoisotopic (exact) mass is 275 g/mol. The lowest BCUT2D eigenvalue weighted by atomic mass is 10.3. The molecule has 0 radical (unpaired) electrons. The number of hydrogen-bond acceptors (Lipinski definition) is 8. The predicted octanol–water partition coefficient (Wildman–Crippen LogP) is -1.10. The van der Waals surface area contributed by atoms with Gasteiger partial charge in [0, 0.05) is 39.6 Å². The van der Waals surface area contributed by atoms with Crippen LogP contribution in [-0.4, -0.2) is 72.7 Å². The van der Waals surface area contributed by atoms with Crippen LogP contribution in [0.1, 0.15) is 6.92 Å². The number of ketones is 1. The molecule has 9 nitrogen and oxygen atoms in total. The van der Waals surface area contributed by atoms with Crippen LogP contribution in [0.4, 0.5) is 0 Å². The fourth-order valence-corrected chi connectivity index (χ4v) is 1.64. The van der Waals surface area contributed by atoms with Gasteiger partial charge in [-0.2, -0.15) is 0 Å². The van der Waals surface area contributed by atoms with Crippen LogP contribution in [0.3, 0.4) is 0 Å². The molecule has 1 aliphatic heterocycles. The molecule has 0 unspecified atom stereocenters. The molecule has 0 aromatic carbocycles.